The molecule has 0 spiro atoms. The number of fused-ring (bicyclic) bond motifs is 1. The van der Waals surface area contributed by atoms with Crippen LogP contribution in [0, 0.1) is 18.6 Å². The fourth-order valence-corrected chi connectivity index (χ4v) is 3.86. The van der Waals surface area contributed by atoms with Crippen molar-refractivity contribution in [1.82, 2.24) is 25.2 Å². The molecule has 1 aliphatic rings. The Kier molecular flexibility index (Phi) is 5.14. The third-order valence-corrected chi connectivity index (χ3v) is 5.48. The van der Waals surface area contributed by atoms with Crippen LogP contribution in [0.25, 0.3) is 22.6 Å². The first-order chi connectivity index (χ1) is 15.5. The Morgan fingerprint density at radius 1 is 1.06 bits per heavy atom. The minimum absolute atomic E-state index is 0.0792. The number of nitrogens with zero attached hydrogens (tertiary/aromatic N) is 5. The first kappa shape index (κ1) is 20.3. The van der Waals surface area contributed by atoms with Crippen LogP contribution in [0.3, 0.4) is 0 Å². The number of halogens is 3. The third-order valence-electron chi connectivity index (χ3n) is 5.17. The Bertz CT molecular complexity index is 1330. The number of hydrogen-bond acceptors (Lipinski definition) is 5. The van der Waals surface area contributed by atoms with Gasteiger partial charge in [0.1, 0.15) is 11.5 Å². The Balaban J connectivity index is 1.31. The van der Waals surface area contributed by atoms with Gasteiger partial charge in [-0.15, -0.1) is 0 Å². The summed E-state index contributed by atoms with van der Waals surface area (Å²) in [7, 11) is 0. The molecule has 0 aliphatic carbocycles. The molecule has 2 aromatic heterocycles. The van der Waals surface area contributed by atoms with E-state index in [0.29, 0.717) is 29.5 Å². The van der Waals surface area contributed by atoms with Crippen molar-refractivity contribution in [3.05, 3.63) is 87.8 Å². The molecule has 5 rings (SSSR count). The van der Waals surface area contributed by atoms with Crippen molar-refractivity contribution in [3.63, 3.8) is 0 Å². The molecule has 0 atom stereocenters. The number of imidazole rings is 1. The van der Waals surface area contributed by atoms with Crippen molar-refractivity contribution in [3.8, 4) is 22.6 Å². The van der Waals surface area contributed by atoms with Gasteiger partial charge < -0.3 is 4.98 Å². The average molecular weight is 451 g/mol. The van der Waals surface area contributed by atoms with Gasteiger partial charge in [0.25, 0.3) is 0 Å². The number of aryl methyl sites for hydroxylation is 1. The van der Waals surface area contributed by atoms with E-state index in [1.165, 1.54) is 12.1 Å². The Labute approximate surface area is 187 Å². The summed E-state index contributed by atoms with van der Waals surface area (Å²) in [6, 6.07) is 13.5. The first-order valence-electron chi connectivity index (χ1n) is 9.89. The molecule has 160 valence electrons. The first-order valence-corrected chi connectivity index (χ1v) is 10.3. The Hall–Kier alpha value is -3.65. The van der Waals surface area contributed by atoms with E-state index in [9.17, 15) is 8.78 Å². The Morgan fingerprint density at radius 2 is 1.94 bits per heavy atom. The fourth-order valence-electron chi connectivity index (χ4n) is 3.52. The predicted octanol–water partition coefficient (Wildman–Crippen LogP) is 5.12. The molecule has 4 aromatic rings. The van der Waals surface area contributed by atoms with Gasteiger partial charge in [0, 0.05) is 5.56 Å². The topological polar surface area (TPSA) is 70.1 Å². The summed E-state index contributed by atoms with van der Waals surface area (Å²) < 4.78 is 27.7. The van der Waals surface area contributed by atoms with Crippen molar-refractivity contribution in [2.45, 2.75) is 20.0 Å². The largest absolute Gasteiger partial charge is 0.340 e. The zero-order chi connectivity index (χ0) is 22.2. The van der Waals surface area contributed by atoms with Gasteiger partial charge in [-0.3, -0.25) is 5.01 Å². The lowest BCUT2D eigenvalue weighted by molar-refractivity contribution is 0.261. The minimum Gasteiger partial charge on any atom is -0.340 e. The lowest BCUT2D eigenvalue weighted by atomic mass is 10.1. The predicted molar refractivity (Wildman–Crippen MR) is 118 cm³/mol. The van der Waals surface area contributed by atoms with Crippen molar-refractivity contribution in [2.75, 3.05) is 0 Å². The van der Waals surface area contributed by atoms with Crippen LogP contribution < -0.4 is 0 Å². The SMILES string of the molecule is Cc1ccc(-c2ccc(CN3Cc4[nH]c(-c5cccc(F)c5F)nc4C=N3)nn2)c(Cl)c1. The lowest BCUT2D eigenvalue weighted by Gasteiger charge is -2.20. The molecule has 6 nitrogen and oxygen atoms in total. The number of rotatable bonds is 4. The van der Waals surface area contributed by atoms with E-state index in [2.05, 4.69) is 25.3 Å². The van der Waals surface area contributed by atoms with Gasteiger partial charge in [-0.25, -0.2) is 13.8 Å². The number of H-pyrrole nitrogens is 1. The number of hydrogen-bond donors (Lipinski definition) is 1. The zero-order valence-electron chi connectivity index (χ0n) is 17.0. The van der Waals surface area contributed by atoms with Crippen LogP contribution in [0.2, 0.25) is 5.02 Å². The maximum absolute atomic E-state index is 14.1. The maximum atomic E-state index is 14.1. The molecule has 1 N–H and O–H groups in total. The summed E-state index contributed by atoms with van der Waals surface area (Å²) >= 11 is 6.32. The van der Waals surface area contributed by atoms with Crippen LogP contribution in [0.4, 0.5) is 8.78 Å². The molecule has 0 unspecified atom stereocenters. The Morgan fingerprint density at radius 3 is 2.72 bits per heavy atom. The van der Waals surface area contributed by atoms with E-state index in [1.54, 1.807) is 11.2 Å². The molecular weight excluding hydrogens is 434 g/mol. The molecule has 0 radical (unpaired) electrons. The molecule has 9 heteroatoms. The number of aromatic amines is 1. The van der Waals surface area contributed by atoms with Crippen LogP contribution in [-0.2, 0) is 13.1 Å². The van der Waals surface area contributed by atoms with Crippen LogP contribution in [0.1, 0.15) is 22.6 Å². The van der Waals surface area contributed by atoms with Crippen LogP contribution in [0.5, 0.6) is 0 Å². The van der Waals surface area contributed by atoms with Crippen molar-refractivity contribution in [2.24, 2.45) is 5.10 Å². The standard InChI is InChI=1S/C23H17ClF2N6/c1-13-5-7-15(17(24)9-13)19-8-6-14(30-31-19)11-32-12-21-20(10-27-32)28-23(29-21)16-3-2-4-18(25)22(16)26/h2-10H,11-12H2,1H3,(H,28,29). The summed E-state index contributed by atoms with van der Waals surface area (Å²) in [5.41, 5.74) is 4.76. The highest BCUT2D eigenvalue weighted by Gasteiger charge is 2.20. The van der Waals surface area contributed by atoms with E-state index in [-0.39, 0.29) is 11.4 Å². The number of benzene rings is 2. The van der Waals surface area contributed by atoms with Gasteiger partial charge in [0.2, 0.25) is 0 Å². The molecule has 1 aliphatic heterocycles. The van der Waals surface area contributed by atoms with E-state index in [1.807, 2.05) is 37.3 Å². The minimum atomic E-state index is -0.934. The molecule has 0 bridgehead atoms. The van der Waals surface area contributed by atoms with Crippen molar-refractivity contribution < 1.29 is 8.78 Å². The van der Waals surface area contributed by atoms with Crippen LogP contribution in [0.15, 0.2) is 53.6 Å². The highest BCUT2D eigenvalue weighted by molar-refractivity contribution is 6.33. The highest BCUT2D eigenvalue weighted by Crippen LogP contribution is 2.28. The zero-order valence-corrected chi connectivity index (χ0v) is 17.7. The molecule has 0 amide bonds. The lowest BCUT2D eigenvalue weighted by Crippen LogP contribution is -2.22. The molecular formula is C23H17ClF2N6. The number of aromatic nitrogens is 4. The summed E-state index contributed by atoms with van der Waals surface area (Å²) in [6.45, 7) is 2.82. The van der Waals surface area contributed by atoms with Gasteiger partial charge in [-0.2, -0.15) is 15.3 Å². The van der Waals surface area contributed by atoms with Crippen LogP contribution in [-0.4, -0.2) is 31.4 Å². The second-order valence-corrected chi connectivity index (χ2v) is 7.92. The van der Waals surface area contributed by atoms with E-state index >= 15 is 0 Å². The van der Waals surface area contributed by atoms with E-state index in [4.69, 9.17) is 11.6 Å². The normalized spacial score (nSPS) is 12.8. The fraction of sp³-hybridized carbons (Fsp3) is 0.130. The highest BCUT2D eigenvalue weighted by atomic mass is 35.5. The van der Waals surface area contributed by atoms with Gasteiger partial charge in [0.05, 0.1) is 47.0 Å². The maximum Gasteiger partial charge on any atom is 0.169 e. The molecule has 0 saturated carbocycles. The second kappa shape index (κ2) is 8.12. The smallest absolute Gasteiger partial charge is 0.169 e. The van der Waals surface area contributed by atoms with E-state index in [0.717, 1.165) is 28.6 Å². The monoisotopic (exact) mass is 450 g/mol. The quantitative estimate of drug-likeness (QED) is 0.468. The summed E-state index contributed by atoms with van der Waals surface area (Å²) in [6.07, 6.45) is 1.59. The van der Waals surface area contributed by atoms with Crippen molar-refractivity contribution >= 4 is 17.8 Å². The summed E-state index contributed by atoms with van der Waals surface area (Å²) in [5.74, 6) is -1.59. The second-order valence-electron chi connectivity index (χ2n) is 7.51. The average Bonchev–Trinajstić information content (AvgIpc) is 3.19. The van der Waals surface area contributed by atoms with Crippen molar-refractivity contribution in [1.29, 1.82) is 0 Å². The molecule has 2 aromatic carbocycles. The van der Waals surface area contributed by atoms with Gasteiger partial charge in [0.15, 0.2) is 11.6 Å². The molecule has 3 heterocycles. The molecule has 32 heavy (non-hydrogen) atoms. The molecule has 0 saturated heterocycles. The van der Waals surface area contributed by atoms with Crippen LogP contribution >= 0.6 is 11.6 Å². The number of nitrogens with one attached hydrogen (secondary N) is 1. The summed E-state index contributed by atoms with van der Waals surface area (Å²) in [4.78, 5) is 7.42. The third kappa shape index (κ3) is 3.85. The van der Waals surface area contributed by atoms with Gasteiger partial charge in [-0.1, -0.05) is 29.8 Å². The van der Waals surface area contributed by atoms with Gasteiger partial charge >= 0.3 is 0 Å². The van der Waals surface area contributed by atoms with Gasteiger partial charge in [-0.05, 0) is 42.8 Å². The number of hydrazone groups is 1. The summed E-state index contributed by atoms with van der Waals surface area (Å²) in [5, 5.41) is 15.4. The molecule has 0 fully saturated rings. The van der Waals surface area contributed by atoms with E-state index < -0.39 is 11.6 Å².